The number of pyridine rings is 1. The summed E-state index contributed by atoms with van der Waals surface area (Å²) in [6, 6.07) is 10.2. The summed E-state index contributed by atoms with van der Waals surface area (Å²) < 4.78 is 10.2. The summed E-state index contributed by atoms with van der Waals surface area (Å²) >= 11 is 6.03. The van der Waals surface area contributed by atoms with Gasteiger partial charge in [-0.3, -0.25) is 9.78 Å². The highest BCUT2D eigenvalue weighted by atomic mass is 35.5. The molecule has 25 heavy (non-hydrogen) atoms. The van der Waals surface area contributed by atoms with Crippen molar-refractivity contribution < 1.29 is 14.1 Å². The molecule has 0 radical (unpaired) electrons. The normalized spacial score (nSPS) is 10.4. The number of aryl methyl sites for hydroxylation is 1. The van der Waals surface area contributed by atoms with E-state index in [-0.39, 0.29) is 5.69 Å². The number of carbonyl (C=O) groups is 1. The molecular formula is C17H15ClN4O3. The maximum Gasteiger partial charge on any atom is 0.275 e. The molecule has 0 aliphatic carbocycles. The molecule has 0 aliphatic heterocycles. The van der Waals surface area contributed by atoms with Gasteiger partial charge in [0.1, 0.15) is 17.2 Å². The van der Waals surface area contributed by atoms with Gasteiger partial charge >= 0.3 is 0 Å². The van der Waals surface area contributed by atoms with Crippen LogP contribution >= 0.6 is 11.6 Å². The number of rotatable bonds is 5. The van der Waals surface area contributed by atoms with Crippen molar-refractivity contribution in [3.8, 4) is 5.75 Å². The summed E-state index contributed by atoms with van der Waals surface area (Å²) in [4.78, 5) is 16.4. The lowest BCUT2D eigenvalue weighted by molar-refractivity contribution is 0.102. The quantitative estimate of drug-likeness (QED) is 0.715. The number of nitrogens with zero attached hydrogens (tertiary/aromatic N) is 2. The molecule has 3 rings (SSSR count). The van der Waals surface area contributed by atoms with Crippen LogP contribution in [0.2, 0.25) is 5.02 Å². The summed E-state index contributed by atoms with van der Waals surface area (Å²) in [5.74, 6) is 1.17. The summed E-state index contributed by atoms with van der Waals surface area (Å²) in [7, 11) is 1.57. The fraction of sp³-hybridized carbons (Fsp3) is 0.118. The van der Waals surface area contributed by atoms with Gasteiger partial charge in [-0.25, -0.2) is 0 Å². The first-order valence-corrected chi connectivity index (χ1v) is 7.74. The van der Waals surface area contributed by atoms with Gasteiger partial charge in [0, 0.05) is 23.0 Å². The number of benzene rings is 1. The number of hydrogen-bond acceptors (Lipinski definition) is 6. The zero-order chi connectivity index (χ0) is 17.8. The number of carbonyl (C=O) groups excluding carboxylic acids is 1. The lowest BCUT2D eigenvalue weighted by atomic mass is 10.2. The van der Waals surface area contributed by atoms with Gasteiger partial charge in [-0.2, -0.15) is 0 Å². The highest BCUT2D eigenvalue weighted by molar-refractivity contribution is 6.31. The largest absolute Gasteiger partial charge is 0.495 e. The molecule has 7 nitrogen and oxygen atoms in total. The van der Waals surface area contributed by atoms with E-state index in [0.29, 0.717) is 33.7 Å². The van der Waals surface area contributed by atoms with Crippen LogP contribution in [-0.2, 0) is 0 Å². The number of amides is 1. The van der Waals surface area contributed by atoms with Gasteiger partial charge in [-0.15, -0.1) is 0 Å². The van der Waals surface area contributed by atoms with E-state index in [2.05, 4.69) is 20.8 Å². The Hall–Kier alpha value is -3.06. The highest BCUT2D eigenvalue weighted by Crippen LogP contribution is 2.30. The molecule has 1 amide bonds. The smallest absolute Gasteiger partial charge is 0.275 e. The molecule has 0 saturated carbocycles. The lowest BCUT2D eigenvalue weighted by Crippen LogP contribution is -2.14. The van der Waals surface area contributed by atoms with E-state index in [9.17, 15) is 4.79 Å². The van der Waals surface area contributed by atoms with Gasteiger partial charge in [0.2, 0.25) is 0 Å². The SMILES string of the molecule is COc1ccc(Cl)cc1Nc1ccnc(C(=O)Nc2cc(C)on2)c1. The number of aromatic nitrogens is 2. The average molecular weight is 359 g/mol. The van der Waals surface area contributed by atoms with Crippen molar-refractivity contribution in [1.29, 1.82) is 0 Å². The first kappa shape index (κ1) is 16.8. The second-order valence-corrected chi connectivity index (χ2v) is 5.61. The third kappa shape index (κ3) is 4.07. The topological polar surface area (TPSA) is 89.3 Å². The molecule has 8 heteroatoms. The highest BCUT2D eigenvalue weighted by Gasteiger charge is 2.12. The van der Waals surface area contributed by atoms with Crippen LogP contribution in [0.15, 0.2) is 47.1 Å². The van der Waals surface area contributed by atoms with Gasteiger partial charge in [-0.1, -0.05) is 16.8 Å². The minimum atomic E-state index is -0.394. The van der Waals surface area contributed by atoms with E-state index in [4.69, 9.17) is 20.9 Å². The second kappa shape index (κ2) is 7.23. The van der Waals surface area contributed by atoms with Gasteiger partial charge in [0.05, 0.1) is 12.8 Å². The first-order valence-electron chi connectivity index (χ1n) is 7.36. The summed E-state index contributed by atoms with van der Waals surface area (Å²) in [6.45, 7) is 1.74. The van der Waals surface area contributed by atoms with Crippen molar-refractivity contribution >= 4 is 34.7 Å². The van der Waals surface area contributed by atoms with Gasteiger partial charge in [0.25, 0.3) is 5.91 Å². The Kier molecular flexibility index (Phi) is 4.85. The predicted octanol–water partition coefficient (Wildman–Crippen LogP) is 4.04. The molecule has 2 N–H and O–H groups in total. The Morgan fingerprint density at radius 1 is 1.24 bits per heavy atom. The number of hydrogen-bond donors (Lipinski definition) is 2. The van der Waals surface area contributed by atoms with Crippen molar-refractivity contribution in [3.63, 3.8) is 0 Å². The van der Waals surface area contributed by atoms with Gasteiger partial charge in [0.15, 0.2) is 5.82 Å². The van der Waals surface area contributed by atoms with Crippen molar-refractivity contribution in [1.82, 2.24) is 10.1 Å². The van der Waals surface area contributed by atoms with E-state index >= 15 is 0 Å². The number of nitrogens with one attached hydrogen (secondary N) is 2. The molecule has 0 bridgehead atoms. The zero-order valence-electron chi connectivity index (χ0n) is 13.5. The minimum absolute atomic E-state index is 0.228. The average Bonchev–Trinajstić information content (AvgIpc) is 3.00. The monoisotopic (exact) mass is 358 g/mol. The maximum atomic E-state index is 12.3. The molecular weight excluding hydrogens is 344 g/mol. The minimum Gasteiger partial charge on any atom is -0.495 e. The molecule has 0 atom stereocenters. The summed E-state index contributed by atoms with van der Waals surface area (Å²) in [5, 5.41) is 10.1. The Labute approximate surface area is 149 Å². The van der Waals surface area contributed by atoms with Crippen LogP contribution in [0.5, 0.6) is 5.75 Å². The summed E-state index contributed by atoms with van der Waals surface area (Å²) in [5.41, 5.74) is 1.57. The Bertz CT molecular complexity index is 910. The Morgan fingerprint density at radius 2 is 2.08 bits per heavy atom. The zero-order valence-corrected chi connectivity index (χ0v) is 14.3. The molecule has 2 heterocycles. The van der Waals surface area contributed by atoms with Crippen molar-refractivity contribution in [3.05, 3.63) is 59.1 Å². The number of halogens is 1. The van der Waals surface area contributed by atoms with E-state index in [1.165, 1.54) is 6.20 Å². The molecule has 0 unspecified atom stereocenters. The van der Waals surface area contributed by atoms with Crippen molar-refractivity contribution in [2.45, 2.75) is 6.92 Å². The summed E-state index contributed by atoms with van der Waals surface area (Å²) in [6.07, 6.45) is 1.53. The Morgan fingerprint density at radius 3 is 2.80 bits per heavy atom. The maximum absolute atomic E-state index is 12.3. The van der Waals surface area contributed by atoms with E-state index in [1.54, 1.807) is 50.4 Å². The van der Waals surface area contributed by atoms with Crippen LogP contribution in [0.4, 0.5) is 17.2 Å². The van der Waals surface area contributed by atoms with Crippen LogP contribution in [0, 0.1) is 6.92 Å². The van der Waals surface area contributed by atoms with E-state index in [1.807, 2.05) is 0 Å². The van der Waals surface area contributed by atoms with Crippen LogP contribution in [-0.4, -0.2) is 23.2 Å². The van der Waals surface area contributed by atoms with Crippen LogP contribution in [0.3, 0.4) is 0 Å². The second-order valence-electron chi connectivity index (χ2n) is 5.18. The molecule has 128 valence electrons. The van der Waals surface area contributed by atoms with Crippen LogP contribution in [0.1, 0.15) is 16.2 Å². The predicted molar refractivity (Wildman–Crippen MR) is 94.7 cm³/mol. The third-order valence-electron chi connectivity index (χ3n) is 3.30. The van der Waals surface area contributed by atoms with Crippen LogP contribution < -0.4 is 15.4 Å². The van der Waals surface area contributed by atoms with Gasteiger partial charge < -0.3 is 19.9 Å². The standard InChI is InChI=1S/C17H15ClN4O3/c1-10-7-16(22-25-10)21-17(23)14-9-12(5-6-19-14)20-13-8-11(18)3-4-15(13)24-2/h3-9H,1-2H3,(H,19,20)(H,21,22,23). The molecule has 0 aliphatic rings. The fourth-order valence-electron chi connectivity index (χ4n) is 2.17. The molecule has 0 fully saturated rings. The van der Waals surface area contributed by atoms with E-state index in [0.717, 1.165) is 0 Å². The molecule has 2 aromatic heterocycles. The third-order valence-corrected chi connectivity index (χ3v) is 3.54. The number of methoxy groups -OCH3 is 1. The van der Waals surface area contributed by atoms with Crippen molar-refractivity contribution in [2.75, 3.05) is 17.7 Å². The lowest BCUT2D eigenvalue weighted by Gasteiger charge is -2.12. The molecule has 0 saturated heterocycles. The van der Waals surface area contributed by atoms with Crippen LogP contribution in [0.25, 0.3) is 0 Å². The fourth-order valence-corrected chi connectivity index (χ4v) is 2.34. The first-order chi connectivity index (χ1) is 12.0. The molecule has 3 aromatic rings. The van der Waals surface area contributed by atoms with Gasteiger partial charge in [-0.05, 0) is 37.3 Å². The number of anilines is 3. The van der Waals surface area contributed by atoms with E-state index < -0.39 is 5.91 Å². The molecule has 1 aromatic carbocycles. The molecule has 0 spiro atoms. The van der Waals surface area contributed by atoms with Crippen molar-refractivity contribution in [2.24, 2.45) is 0 Å². The number of ether oxygens (including phenoxy) is 1. The Balaban J connectivity index is 1.79.